The molecule has 0 fully saturated rings. The number of hydrogen-bond acceptors (Lipinski definition) is 5. The van der Waals surface area contributed by atoms with E-state index < -0.39 is 0 Å². The molecule has 3 rings (SSSR count). The van der Waals surface area contributed by atoms with Gasteiger partial charge < -0.3 is 10.4 Å². The number of phenols is 1. The predicted octanol–water partition coefficient (Wildman–Crippen LogP) is 2.24. The summed E-state index contributed by atoms with van der Waals surface area (Å²) in [4.78, 5) is 0. The van der Waals surface area contributed by atoms with E-state index in [1.807, 2.05) is 24.3 Å². The van der Waals surface area contributed by atoms with Gasteiger partial charge in [0.25, 0.3) is 0 Å². The van der Waals surface area contributed by atoms with Crippen LogP contribution in [0.3, 0.4) is 0 Å². The molecule has 1 aromatic carbocycles. The predicted molar refractivity (Wildman–Crippen MR) is 80.5 cm³/mol. The second kappa shape index (κ2) is 5.40. The monoisotopic (exact) mass is 283 g/mol. The van der Waals surface area contributed by atoms with E-state index in [0.29, 0.717) is 12.5 Å². The molecule has 2 heterocycles. The number of rotatable bonds is 4. The van der Waals surface area contributed by atoms with Crippen molar-refractivity contribution in [3.05, 3.63) is 47.8 Å². The molecular formula is C15H17N5O. The van der Waals surface area contributed by atoms with E-state index in [-0.39, 0.29) is 5.75 Å². The number of nitrogens with zero attached hydrogens (tertiary/aromatic N) is 4. The van der Waals surface area contributed by atoms with Gasteiger partial charge in [-0.05, 0) is 43.7 Å². The molecule has 0 bridgehead atoms. The number of phenolic OH excluding ortho intramolecular Hbond substituents is 1. The maximum Gasteiger partial charge on any atom is 0.178 e. The van der Waals surface area contributed by atoms with Crippen LogP contribution in [-0.4, -0.2) is 31.0 Å². The number of hydrogen-bond donors (Lipinski definition) is 2. The van der Waals surface area contributed by atoms with Crippen LogP contribution in [0.15, 0.2) is 36.4 Å². The normalized spacial score (nSPS) is 11.2. The quantitative estimate of drug-likeness (QED) is 0.768. The summed E-state index contributed by atoms with van der Waals surface area (Å²) in [6, 6.07) is 11.2. The molecule has 0 atom stereocenters. The summed E-state index contributed by atoms with van der Waals surface area (Å²) in [5, 5.41) is 25.4. The van der Waals surface area contributed by atoms with Crippen LogP contribution in [0.2, 0.25) is 0 Å². The Morgan fingerprint density at radius 2 is 1.86 bits per heavy atom. The molecule has 0 unspecified atom stereocenters. The van der Waals surface area contributed by atoms with Crippen LogP contribution in [0.5, 0.6) is 5.75 Å². The standard InChI is InChI=1S/C15H17N5O/c1-10(2)16-13-7-8-14-17-18-15(20(14)19-13)9-11-3-5-12(21)6-4-11/h3-8,10,21H,9H2,1-2H3,(H,16,19). The minimum Gasteiger partial charge on any atom is -0.508 e. The minimum atomic E-state index is 0.256. The maximum absolute atomic E-state index is 9.32. The fourth-order valence-corrected chi connectivity index (χ4v) is 2.11. The molecule has 6 nitrogen and oxygen atoms in total. The van der Waals surface area contributed by atoms with Crippen molar-refractivity contribution in [3.8, 4) is 5.75 Å². The number of anilines is 1. The summed E-state index contributed by atoms with van der Waals surface area (Å²) in [6.07, 6.45) is 0.611. The number of fused-ring (bicyclic) bond motifs is 1. The Morgan fingerprint density at radius 1 is 1.10 bits per heavy atom. The zero-order chi connectivity index (χ0) is 14.8. The van der Waals surface area contributed by atoms with Gasteiger partial charge in [0.05, 0.1) is 0 Å². The van der Waals surface area contributed by atoms with E-state index >= 15 is 0 Å². The van der Waals surface area contributed by atoms with Crippen LogP contribution in [0.1, 0.15) is 25.2 Å². The van der Waals surface area contributed by atoms with E-state index in [1.165, 1.54) is 0 Å². The fraction of sp³-hybridized carbons (Fsp3) is 0.267. The summed E-state index contributed by atoms with van der Waals surface area (Å²) >= 11 is 0. The number of nitrogens with one attached hydrogen (secondary N) is 1. The fourth-order valence-electron chi connectivity index (χ4n) is 2.11. The second-order valence-corrected chi connectivity index (χ2v) is 5.25. The van der Waals surface area contributed by atoms with Crippen LogP contribution in [0, 0.1) is 0 Å². The molecule has 3 aromatic rings. The minimum absolute atomic E-state index is 0.256. The van der Waals surface area contributed by atoms with E-state index in [4.69, 9.17) is 0 Å². The first-order valence-corrected chi connectivity index (χ1v) is 6.87. The molecule has 6 heteroatoms. The highest BCUT2D eigenvalue weighted by Crippen LogP contribution is 2.14. The molecule has 0 spiro atoms. The molecular weight excluding hydrogens is 266 g/mol. The van der Waals surface area contributed by atoms with Crippen molar-refractivity contribution in [1.29, 1.82) is 0 Å². The molecule has 0 aliphatic rings. The van der Waals surface area contributed by atoms with Crippen LogP contribution in [-0.2, 0) is 6.42 Å². The van der Waals surface area contributed by atoms with Crippen molar-refractivity contribution < 1.29 is 5.11 Å². The van der Waals surface area contributed by atoms with Crippen molar-refractivity contribution in [2.75, 3.05) is 5.32 Å². The molecule has 0 saturated heterocycles. The lowest BCUT2D eigenvalue weighted by Gasteiger charge is -2.09. The Hall–Kier alpha value is -2.63. The van der Waals surface area contributed by atoms with Gasteiger partial charge in [0.1, 0.15) is 11.6 Å². The van der Waals surface area contributed by atoms with Gasteiger partial charge in [0.15, 0.2) is 11.5 Å². The molecule has 108 valence electrons. The highest BCUT2D eigenvalue weighted by molar-refractivity contribution is 5.44. The first-order chi connectivity index (χ1) is 10.1. The maximum atomic E-state index is 9.32. The average molecular weight is 283 g/mol. The Bertz CT molecular complexity index is 748. The van der Waals surface area contributed by atoms with Crippen LogP contribution in [0.25, 0.3) is 5.65 Å². The molecule has 2 aromatic heterocycles. The highest BCUT2D eigenvalue weighted by atomic mass is 16.3. The van der Waals surface area contributed by atoms with Gasteiger partial charge in [-0.25, -0.2) is 0 Å². The zero-order valence-corrected chi connectivity index (χ0v) is 12.0. The van der Waals surface area contributed by atoms with E-state index in [0.717, 1.165) is 22.9 Å². The van der Waals surface area contributed by atoms with Crippen LogP contribution < -0.4 is 5.32 Å². The summed E-state index contributed by atoms with van der Waals surface area (Å²) in [6.45, 7) is 4.13. The van der Waals surface area contributed by atoms with Crippen molar-refractivity contribution in [3.63, 3.8) is 0 Å². The van der Waals surface area contributed by atoms with E-state index in [2.05, 4.69) is 34.5 Å². The van der Waals surface area contributed by atoms with Gasteiger partial charge in [-0.3, -0.25) is 0 Å². The third-order valence-electron chi connectivity index (χ3n) is 3.06. The molecule has 21 heavy (non-hydrogen) atoms. The molecule has 2 N–H and O–H groups in total. The Kier molecular flexibility index (Phi) is 3.43. The summed E-state index contributed by atoms with van der Waals surface area (Å²) < 4.78 is 1.75. The number of benzene rings is 1. The third kappa shape index (κ3) is 2.94. The zero-order valence-electron chi connectivity index (χ0n) is 12.0. The Morgan fingerprint density at radius 3 is 2.57 bits per heavy atom. The summed E-state index contributed by atoms with van der Waals surface area (Å²) in [7, 11) is 0. The molecule has 0 radical (unpaired) electrons. The van der Waals surface area contributed by atoms with Crippen molar-refractivity contribution in [1.82, 2.24) is 19.8 Å². The molecule has 0 aliphatic heterocycles. The lowest BCUT2D eigenvalue weighted by atomic mass is 10.1. The van der Waals surface area contributed by atoms with Gasteiger partial charge in [0, 0.05) is 12.5 Å². The first kappa shape index (κ1) is 13.4. The largest absolute Gasteiger partial charge is 0.508 e. The van der Waals surface area contributed by atoms with E-state index in [9.17, 15) is 5.11 Å². The molecule has 0 aliphatic carbocycles. The van der Waals surface area contributed by atoms with Crippen molar-refractivity contribution >= 4 is 11.5 Å². The third-order valence-corrected chi connectivity index (χ3v) is 3.06. The van der Waals surface area contributed by atoms with E-state index in [1.54, 1.807) is 16.6 Å². The summed E-state index contributed by atoms with van der Waals surface area (Å²) in [5.41, 5.74) is 1.77. The van der Waals surface area contributed by atoms with Crippen molar-refractivity contribution in [2.45, 2.75) is 26.3 Å². The lowest BCUT2D eigenvalue weighted by Crippen LogP contribution is -2.12. The number of aromatic hydroxyl groups is 1. The SMILES string of the molecule is CC(C)Nc1ccc2nnc(Cc3ccc(O)cc3)n2n1. The Labute approximate surface area is 122 Å². The second-order valence-electron chi connectivity index (χ2n) is 5.25. The smallest absolute Gasteiger partial charge is 0.178 e. The first-order valence-electron chi connectivity index (χ1n) is 6.87. The average Bonchev–Trinajstić information content (AvgIpc) is 2.83. The van der Waals surface area contributed by atoms with Crippen molar-refractivity contribution in [2.24, 2.45) is 0 Å². The molecule has 0 amide bonds. The van der Waals surface area contributed by atoms with Gasteiger partial charge in [-0.1, -0.05) is 12.1 Å². The molecule has 0 saturated carbocycles. The van der Waals surface area contributed by atoms with Crippen LogP contribution in [0.4, 0.5) is 5.82 Å². The Balaban J connectivity index is 1.92. The van der Waals surface area contributed by atoms with Gasteiger partial charge in [-0.15, -0.1) is 15.3 Å². The highest BCUT2D eigenvalue weighted by Gasteiger charge is 2.09. The van der Waals surface area contributed by atoms with Gasteiger partial charge >= 0.3 is 0 Å². The van der Waals surface area contributed by atoms with Crippen LogP contribution >= 0.6 is 0 Å². The van der Waals surface area contributed by atoms with Gasteiger partial charge in [-0.2, -0.15) is 4.52 Å². The lowest BCUT2D eigenvalue weighted by molar-refractivity contribution is 0.475. The van der Waals surface area contributed by atoms with Gasteiger partial charge in [0.2, 0.25) is 0 Å². The number of aromatic nitrogens is 4. The topological polar surface area (TPSA) is 75.3 Å². The summed E-state index contributed by atoms with van der Waals surface area (Å²) in [5.74, 6) is 1.82.